The zero-order chi connectivity index (χ0) is 26.0. The molecule has 0 amide bonds. The molecule has 0 radical (unpaired) electrons. The molecule has 0 N–H and O–H groups in total. The first-order chi connectivity index (χ1) is 16.2. The maximum atomic E-state index is 14.7. The molecule has 3 rings (SSSR count). The van der Waals surface area contributed by atoms with Gasteiger partial charge in [-0.15, -0.1) is 13.2 Å². The van der Waals surface area contributed by atoms with Crippen LogP contribution in [0.3, 0.4) is 0 Å². The highest BCUT2D eigenvalue weighted by Crippen LogP contribution is 2.44. The average Bonchev–Trinajstić information content (AvgIpc) is 2.72. The molecule has 1 aliphatic carbocycles. The molecule has 0 bridgehead atoms. The zero-order valence-corrected chi connectivity index (χ0v) is 19.0. The largest absolute Gasteiger partial charge is 0.527 e. The van der Waals surface area contributed by atoms with Gasteiger partial charge in [0.15, 0.2) is 0 Å². The minimum Gasteiger partial charge on any atom is -0.432 e. The predicted octanol–water partition coefficient (Wildman–Crippen LogP) is 7.92. The third-order valence-corrected chi connectivity index (χ3v) is 6.68. The van der Waals surface area contributed by atoms with Crippen molar-refractivity contribution in [3.63, 3.8) is 0 Å². The molecule has 2 atom stereocenters. The fourth-order valence-corrected chi connectivity index (χ4v) is 4.98. The number of halogens is 9. The number of rotatable bonds is 8. The third-order valence-electron chi connectivity index (χ3n) is 6.68. The Balaban J connectivity index is 1.60. The maximum Gasteiger partial charge on any atom is 0.527 e. The molecule has 1 aliphatic heterocycles. The van der Waals surface area contributed by atoms with E-state index in [-0.39, 0.29) is 37.0 Å². The van der Waals surface area contributed by atoms with Crippen molar-refractivity contribution in [2.24, 2.45) is 17.8 Å². The van der Waals surface area contributed by atoms with E-state index in [0.717, 1.165) is 25.7 Å². The van der Waals surface area contributed by atoms with Gasteiger partial charge in [-0.1, -0.05) is 13.3 Å². The van der Waals surface area contributed by atoms with Gasteiger partial charge in [0, 0.05) is 18.7 Å². The summed E-state index contributed by atoms with van der Waals surface area (Å²) < 4.78 is 134. The summed E-state index contributed by atoms with van der Waals surface area (Å²) in [6.07, 6.45) is -10.2. The minimum atomic E-state index is -5.90. The van der Waals surface area contributed by atoms with Gasteiger partial charge in [0.2, 0.25) is 0 Å². The Morgan fingerprint density at radius 2 is 1.49 bits per heavy atom. The SMILES string of the molecule is CCCC1CCC(C2CCC(C(F)(F)Oc3cc(F)c(C(F)(F)OC(F)(F)F)c(F)c3)CC2)OC1. The van der Waals surface area contributed by atoms with Crippen LogP contribution in [-0.2, 0) is 15.6 Å². The Hall–Kier alpha value is -1.69. The molecular weight excluding hydrogens is 495 g/mol. The van der Waals surface area contributed by atoms with Crippen molar-refractivity contribution in [2.75, 3.05) is 6.61 Å². The summed E-state index contributed by atoms with van der Waals surface area (Å²) in [5.41, 5.74) is -2.36. The van der Waals surface area contributed by atoms with Crippen molar-refractivity contribution >= 4 is 0 Å². The highest BCUT2D eigenvalue weighted by atomic mass is 19.4. The number of alkyl halides is 7. The van der Waals surface area contributed by atoms with Gasteiger partial charge < -0.3 is 9.47 Å². The number of ether oxygens (including phenoxy) is 3. The van der Waals surface area contributed by atoms with E-state index in [1.807, 2.05) is 0 Å². The molecule has 1 aromatic carbocycles. The van der Waals surface area contributed by atoms with Gasteiger partial charge in [-0.3, -0.25) is 0 Å². The normalized spacial score (nSPS) is 26.6. The van der Waals surface area contributed by atoms with Gasteiger partial charge in [-0.05, 0) is 56.8 Å². The first kappa shape index (κ1) is 27.9. The van der Waals surface area contributed by atoms with Crippen LogP contribution in [0, 0.1) is 29.4 Å². The van der Waals surface area contributed by atoms with Crippen LogP contribution >= 0.6 is 0 Å². The second-order valence-corrected chi connectivity index (χ2v) is 9.21. The zero-order valence-electron chi connectivity index (χ0n) is 19.0. The molecule has 200 valence electrons. The van der Waals surface area contributed by atoms with E-state index < -0.39 is 47.4 Å². The fourth-order valence-electron chi connectivity index (χ4n) is 4.98. The number of hydrogen-bond acceptors (Lipinski definition) is 3. The summed E-state index contributed by atoms with van der Waals surface area (Å²) in [5.74, 6) is -6.24. The van der Waals surface area contributed by atoms with Crippen LogP contribution in [0.15, 0.2) is 12.1 Å². The lowest BCUT2D eigenvalue weighted by molar-refractivity contribution is -0.432. The minimum absolute atomic E-state index is 0.00471. The van der Waals surface area contributed by atoms with Gasteiger partial charge >= 0.3 is 18.6 Å². The number of benzene rings is 1. The summed E-state index contributed by atoms with van der Waals surface area (Å²) in [6, 6.07) is -0.0393. The van der Waals surface area contributed by atoms with E-state index in [2.05, 4.69) is 16.4 Å². The van der Waals surface area contributed by atoms with E-state index in [0.29, 0.717) is 25.4 Å². The fraction of sp³-hybridized carbons (Fsp3) is 0.739. The highest BCUT2D eigenvalue weighted by Gasteiger charge is 2.50. The summed E-state index contributed by atoms with van der Waals surface area (Å²) in [7, 11) is 0. The molecule has 1 heterocycles. The molecule has 2 unspecified atom stereocenters. The van der Waals surface area contributed by atoms with Gasteiger partial charge in [-0.25, -0.2) is 13.5 Å². The van der Waals surface area contributed by atoms with Crippen LogP contribution in [0.5, 0.6) is 5.75 Å². The standard InChI is InChI=1S/C23H27F9O3/c1-2-3-13-4-9-19(33-12-13)14-5-7-15(8-6-14)21(26,27)34-16-10-17(24)20(18(25)11-16)22(28,29)35-23(30,31)32/h10-11,13-15,19H,2-9,12H2,1H3. The lowest BCUT2D eigenvalue weighted by Crippen LogP contribution is -2.40. The first-order valence-electron chi connectivity index (χ1n) is 11.5. The van der Waals surface area contributed by atoms with Crippen LogP contribution in [0.4, 0.5) is 39.5 Å². The van der Waals surface area contributed by atoms with Gasteiger partial charge in [0.1, 0.15) is 22.9 Å². The maximum absolute atomic E-state index is 14.7. The van der Waals surface area contributed by atoms with Crippen molar-refractivity contribution in [1.82, 2.24) is 0 Å². The van der Waals surface area contributed by atoms with E-state index in [1.165, 1.54) is 0 Å². The summed E-state index contributed by atoms with van der Waals surface area (Å²) >= 11 is 0. The van der Waals surface area contributed by atoms with Gasteiger partial charge in [-0.2, -0.15) is 17.6 Å². The van der Waals surface area contributed by atoms with Crippen molar-refractivity contribution < 1.29 is 53.7 Å². The number of hydrogen-bond donors (Lipinski definition) is 0. The lowest BCUT2D eigenvalue weighted by Gasteiger charge is -2.39. The van der Waals surface area contributed by atoms with Crippen LogP contribution in [-0.4, -0.2) is 25.2 Å². The smallest absolute Gasteiger partial charge is 0.432 e. The van der Waals surface area contributed by atoms with Gasteiger partial charge in [0.25, 0.3) is 0 Å². The summed E-state index contributed by atoms with van der Waals surface area (Å²) in [6.45, 7) is 2.75. The Morgan fingerprint density at radius 3 is 1.97 bits per heavy atom. The molecule has 12 heteroatoms. The molecule has 35 heavy (non-hydrogen) atoms. The Labute approximate surface area is 196 Å². The highest BCUT2D eigenvalue weighted by molar-refractivity contribution is 5.32. The van der Waals surface area contributed by atoms with Crippen LogP contribution in [0.2, 0.25) is 0 Å². The third kappa shape index (κ3) is 7.18. The molecule has 0 spiro atoms. The molecular formula is C23H27F9O3. The Kier molecular flexibility index (Phi) is 8.56. The Bertz CT molecular complexity index is 820. The predicted molar refractivity (Wildman–Crippen MR) is 106 cm³/mol. The lowest BCUT2D eigenvalue weighted by atomic mass is 9.76. The van der Waals surface area contributed by atoms with E-state index in [9.17, 15) is 39.5 Å². The van der Waals surface area contributed by atoms with E-state index in [4.69, 9.17) is 4.74 Å². The molecule has 3 nitrogen and oxygen atoms in total. The average molecular weight is 522 g/mol. The van der Waals surface area contributed by atoms with Crippen molar-refractivity contribution in [1.29, 1.82) is 0 Å². The topological polar surface area (TPSA) is 27.7 Å². The van der Waals surface area contributed by atoms with Gasteiger partial charge in [0.05, 0.1) is 12.0 Å². The van der Waals surface area contributed by atoms with E-state index >= 15 is 0 Å². The van der Waals surface area contributed by atoms with Crippen LogP contribution < -0.4 is 4.74 Å². The quantitative estimate of drug-likeness (QED) is 0.325. The summed E-state index contributed by atoms with van der Waals surface area (Å²) in [4.78, 5) is 0. The monoisotopic (exact) mass is 522 g/mol. The van der Waals surface area contributed by atoms with Crippen LogP contribution in [0.1, 0.15) is 63.9 Å². The Morgan fingerprint density at radius 1 is 0.886 bits per heavy atom. The molecule has 2 aliphatic rings. The summed E-state index contributed by atoms with van der Waals surface area (Å²) in [5, 5.41) is 0. The second-order valence-electron chi connectivity index (χ2n) is 9.21. The van der Waals surface area contributed by atoms with Crippen molar-refractivity contribution in [3.05, 3.63) is 29.3 Å². The van der Waals surface area contributed by atoms with Crippen molar-refractivity contribution in [3.8, 4) is 5.75 Å². The van der Waals surface area contributed by atoms with Crippen molar-refractivity contribution in [2.45, 2.75) is 83.0 Å². The van der Waals surface area contributed by atoms with E-state index in [1.54, 1.807) is 0 Å². The molecule has 1 saturated carbocycles. The molecule has 1 saturated heterocycles. The van der Waals surface area contributed by atoms with Crippen LogP contribution in [0.25, 0.3) is 0 Å². The second kappa shape index (κ2) is 10.7. The molecule has 0 aromatic heterocycles. The molecule has 1 aromatic rings. The molecule has 2 fully saturated rings. The first-order valence-corrected chi connectivity index (χ1v) is 11.5.